The van der Waals surface area contributed by atoms with Gasteiger partial charge in [0.1, 0.15) is 11.5 Å². The molecule has 0 fully saturated rings. The van der Waals surface area contributed by atoms with E-state index in [0.717, 1.165) is 39.3 Å². The van der Waals surface area contributed by atoms with Crippen molar-refractivity contribution >= 4 is 23.2 Å². The van der Waals surface area contributed by atoms with Gasteiger partial charge in [0.25, 0.3) is 0 Å². The number of hydrogen-bond donors (Lipinski definition) is 0. The second kappa shape index (κ2) is 9.10. The summed E-state index contributed by atoms with van der Waals surface area (Å²) in [6, 6.07) is 17.0. The Hall–Kier alpha value is -4.39. The minimum atomic E-state index is -0.0753. The van der Waals surface area contributed by atoms with Gasteiger partial charge in [-0.25, -0.2) is 4.98 Å². The Balaban J connectivity index is 1.61. The molecule has 1 amide bonds. The van der Waals surface area contributed by atoms with Crippen LogP contribution in [0.4, 0.5) is 5.69 Å². The number of nitrogens with zero attached hydrogens (tertiary/aromatic N) is 3. The molecule has 0 unspecified atom stereocenters. The van der Waals surface area contributed by atoms with Gasteiger partial charge in [-0.3, -0.25) is 9.59 Å². The summed E-state index contributed by atoms with van der Waals surface area (Å²) in [5, 5.41) is 0. The number of pyridine rings is 1. The molecular formula is C28H25N3O4. The smallest absolute Gasteiger partial charge is 0.250 e. The molecule has 2 aromatic heterocycles. The van der Waals surface area contributed by atoms with Crippen LogP contribution in [0.2, 0.25) is 0 Å². The fourth-order valence-electron chi connectivity index (χ4n) is 4.20. The first kappa shape index (κ1) is 22.4. The van der Waals surface area contributed by atoms with Gasteiger partial charge in [-0.1, -0.05) is 24.3 Å². The topological polar surface area (TPSA) is 77.6 Å². The third-order valence-electron chi connectivity index (χ3n) is 6.11. The number of amides is 1. The van der Waals surface area contributed by atoms with E-state index in [1.54, 1.807) is 48.2 Å². The van der Waals surface area contributed by atoms with Crippen molar-refractivity contribution < 1.29 is 13.9 Å². The Morgan fingerprint density at radius 3 is 2.49 bits per heavy atom. The Morgan fingerprint density at radius 1 is 1.03 bits per heavy atom. The van der Waals surface area contributed by atoms with Gasteiger partial charge in [0.05, 0.1) is 32.0 Å². The molecule has 1 aliphatic heterocycles. The Labute approximate surface area is 202 Å². The molecule has 0 spiro atoms. The average molecular weight is 468 g/mol. The van der Waals surface area contributed by atoms with E-state index in [-0.39, 0.29) is 17.9 Å². The minimum absolute atomic E-state index is 0.0562. The largest absolute Gasteiger partial charge is 0.497 e. The Bertz CT molecular complexity index is 1500. The normalized spacial score (nSPS) is 13.3. The van der Waals surface area contributed by atoms with E-state index in [1.165, 1.54) is 0 Å². The van der Waals surface area contributed by atoms with Crippen LogP contribution in [0, 0.1) is 6.92 Å². The molecule has 0 saturated carbocycles. The number of rotatable bonds is 5. The fourth-order valence-corrected chi connectivity index (χ4v) is 4.20. The van der Waals surface area contributed by atoms with Gasteiger partial charge in [-0.15, -0.1) is 0 Å². The predicted octanol–water partition coefficient (Wildman–Crippen LogP) is 4.83. The monoisotopic (exact) mass is 467 g/mol. The molecule has 7 heteroatoms. The highest BCUT2D eigenvalue weighted by molar-refractivity contribution is 6.06. The number of oxazole rings is 1. The van der Waals surface area contributed by atoms with Gasteiger partial charge in [-0.05, 0) is 59.5 Å². The summed E-state index contributed by atoms with van der Waals surface area (Å²) in [4.78, 5) is 31.6. The van der Waals surface area contributed by atoms with Crippen molar-refractivity contribution in [1.29, 1.82) is 0 Å². The summed E-state index contributed by atoms with van der Waals surface area (Å²) >= 11 is 0. The van der Waals surface area contributed by atoms with Crippen LogP contribution in [0.3, 0.4) is 0 Å². The number of anilines is 1. The highest BCUT2D eigenvalue weighted by Crippen LogP contribution is 2.36. The molecule has 1 aliphatic rings. The van der Waals surface area contributed by atoms with Crippen LogP contribution >= 0.6 is 0 Å². The number of aryl methyl sites for hydroxylation is 2. The van der Waals surface area contributed by atoms with Crippen molar-refractivity contribution in [2.45, 2.75) is 19.9 Å². The van der Waals surface area contributed by atoms with Crippen molar-refractivity contribution in [3.05, 3.63) is 100 Å². The standard InChI is InChI=1S/C28H25N3O4/c1-18-15-29-28(35-18)23-12-21-7-6-20(22-8-11-26(32)30(2)17-22)13-25(21)31(27(33)14-23)16-19-4-9-24(34-3)10-5-19/h4-13,15,17H,14,16H2,1-3H3. The quantitative estimate of drug-likeness (QED) is 0.420. The Kier molecular flexibility index (Phi) is 5.82. The molecular weight excluding hydrogens is 442 g/mol. The SMILES string of the molecule is COc1ccc(CN2C(=O)CC(c3ncc(C)o3)=Cc3ccc(-c4ccc(=O)n(C)c4)cc32)cc1. The number of aromatic nitrogens is 2. The summed E-state index contributed by atoms with van der Waals surface area (Å²) in [6.45, 7) is 2.23. The maximum absolute atomic E-state index is 13.6. The number of hydrogen-bond acceptors (Lipinski definition) is 5. The summed E-state index contributed by atoms with van der Waals surface area (Å²) in [5.74, 6) is 1.85. The lowest BCUT2D eigenvalue weighted by Crippen LogP contribution is -2.30. The highest BCUT2D eigenvalue weighted by Gasteiger charge is 2.26. The van der Waals surface area contributed by atoms with Crippen molar-refractivity contribution in [2.24, 2.45) is 7.05 Å². The number of benzene rings is 2. The first-order valence-electron chi connectivity index (χ1n) is 11.3. The molecule has 0 N–H and O–H groups in total. The predicted molar refractivity (Wildman–Crippen MR) is 135 cm³/mol. The van der Waals surface area contributed by atoms with E-state index in [2.05, 4.69) is 4.98 Å². The van der Waals surface area contributed by atoms with Crippen LogP contribution in [-0.2, 0) is 18.4 Å². The van der Waals surface area contributed by atoms with Crippen molar-refractivity contribution in [1.82, 2.24) is 9.55 Å². The average Bonchev–Trinajstić information content (AvgIpc) is 3.25. The van der Waals surface area contributed by atoms with E-state index in [1.807, 2.05) is 55.5 Å². The molecule has 0 bridgehead atoms. The summed E-state index contributed by atoms with van der Waals surface area (Å²) in [6.07, 6.45) is 5.59. The van der Waals surface area contributed by atoms with Gasteiger partial charge in [0, 0.05) is 24.9 Å². The number of fused-ring (bicyclic) bond motifs is 1. The molecule has 3 heterocycles. The van der Waals surface area contributed by atoms with E-state index in [4.69, 9.17) is 9.15 Å². The Morgan fingerprint density at radius 2 is 1.80 bits per heavy atom. The van der Waals surface area contributed by atoms with Crippen LogP contribution in [0.15, 0.2) is 76.2 Å². The molecule has 0 aliphatic carbocycles. The highest BCUT2D eigenvalue weighted by atomic mass is 16.5. The summed E-state index contributed by atoms with van der Waals surface area (Å²) < 4.78 is 12.6. The van der Waals surface area contributed by atoms with Crippen LogP contribution < -0.4 is 15.2 Å². The molecule has 0 atom stereocenters. The second-order valence-electron chi connectivity index (χ2n) is 8.59. The number of methoxy groups -OCH3 is 1. The fraction of sp³-hybridized carbons (Fsp3) is 0.179. The summed E-state index contributed by atoms with van der Waals surface area (Å²) in [5.41, 5.74) is 5.12. The minimum Gasteiger partial charge on any atom is -0.497 e. The van der Waals surface area contributed by atoms with Crippen molar-refractivity contribution in [2.75, 3.05) is 12.0 Å². The zero-order valence-corrected chi connectivity index (χ0v) is 19.8. The molecule has 35 heavy (non-hydrogen) atoms. The van der Waals surface area contributed by atoms with Gasteiger partial charge >= 0.3 is 0 Å². The zero-order valence-electron chi connectivity index (χ0n) is 19.8. The first-order valence-corrected chi connectivity index (χ1v) is 11.3. The molecule has 4 aromatic rings. The van der Waals surface area contributed by atoms with Gasteiger partial charge in [0.2, 0.25) is 17.4 Å². The van der Waals surface area contributed by atoms with Crippen molar-refractivity contribution in [3.63, 3.8) is 0 Å². The number of carbonyl (C=O) groups is 1. The van der Waals surface area contributed by atoms with E-state index < -0.39 is 0 Å². The molecule has 0 radical (unpaired) electrons. The van der Waals surface area contributed by atoms with E-state index >= 15 is 0 Å². The van der Waals surface area contributed by atoms with Gasteiger partial charge in [0.15, 0.2) is 0 Å². The lowest BCUT2D eigenvalue weighted by molar-refractivity contribution is -0.117. The number of carbonyl (C=O) groups excluding carboxylic acids is 1. The van der Waals surface area contributed by atoms with E-state index in [9.17, 15) is 9.59 Å². The van der Waals surface area contributed by atoms with Crippen LogP contribution in [0.25, 0.3) is 22.8 Å². The van der Waals surface area contributed by atoms with Crippen molar-refractivity contribution in [3.8, 4) is 16.9 Å². The molecule has 0 saturated heterocycles. The van der Waals surface area contributed by atoms with Crippen LogP contribution in [0.5, 0.6) is 5.75 Å². The van der Waals surface area contributed by atoms with Crippen LogP contribution in [-0.4, -0.2) is 22.6 Å². The summed E-state index contributed by atoms with van der Waals surface area (Å²) in [7, 11) is 3.35. The maximum atomic E-state index is 13.6. The molecule has 176 valence electrons. The lowest BCUT2D eigenvalue weighted by atomic mass is 10.0. The van der Waals surface area contributed by atoms with Gasteiger partial charge in [-0.2, -0.15) is 0 Å². The molecule has 5 rings (SSSR count). The third-order valence-corrected chi connectivity index (χ3v) is 6.11. The third kappa shape index (κ3) is 4.53. The zero-order chi connectivity index (χ0) is 24.5. The van der Waals surface area contributed by atoms with E-state index in [0.29, 0.717) is 18.2 Å². The second-order valence-corrected chi connectivity index (χ2v) is 8.59. The van der Waals surface area contributed by atoms with Gasteiger partial charge < -0.3 is 18.6 Å². The maximum Gasteiger partial charge on any atom is 0.250 e. The lowest BCUT2D eigenvalue weighted by Gasteiger charge is -2.24. The molecule has 2 aromatic carbocycles. The first-order chi connectivity index (χ1) is 16.9. The number of ether oxygens (including phenoxy) is 1. The molecule has 7 nitrogen and oxygen atoms in total. The van der Waals surface area contributed by atoms with Crippen LogP contribution in [0.1, 0.15) is 29.2 Å².